The maximum absolute atomic E-state index is 3.40. The summed E-state index contributed by atoms with van der Waals surface area (Å²) in [7, 11) is 2.19. The van der Waals surface area contributed by atoms with Crippen molar-refractivity contribution in [3.63, 3.8) is 0 Å². The Kier molecular flexibility index (Phi) is 6.98. The summed E-state index contributed by atoms with van der Waals surface area (Å²) in [6.07, 6.45) is 6.87. The Hall–Kier alpha value is -0.240. The Morgan fingerprint density at radius 2 is 2.07 bits per heavy atom. The summed E-state index contributed by atoms with van der Waals surface area (Å²) in [4.78, 5) is 0. The molecule has 0 aromatic carbocycles. The van der Waals surface area contributed by atoms with Crippen LogP contribution < -0.4 is 17.7 Å². The van der Waals surface area contributed by atoms with Crippen molar-refractivity contribution in [2.24, 2.45) is 0 Å². The minimum absolute atomic E-state index is 0. The molecule has 14 heavy (non-hydrogen) atoms. The van der Waals surface area contributed by atoms with E-state index in [-0.39, 0.29) is 12.4 Å². The molecule has 2 nitrogen and oxygen atoms in total. The van der Waals surface area contributed by atoms with Gasteiger partial charge in [-0.3, -0.25) is 9.89 Å². The van der Waals surface area contributed by atoms with Crippen molar-refractivity contribution in [1.82, 2.24) is 5.32 Å². The molecule has 1 atom stereocenters. The predicted molar refractivity (Wildman–Crippen MR) is 57.4 cm³/mol. The number of rotatable bonds is 5. The van der Waals surface area contributed by atoms with Crippen LogP contribution in [0.3, 0.4) is 0 Å². The van der Waals surface area contributed by atoms with Gasteiger partial charge >= 0.3 is 0 Å². The maximum Gasteiger partial charge on any atom is 0.241 e. The van der Waals surface area contributed by atoms with Crippen LogP contribution in [0.15, 0.2) is 0 Å². The molecule has 0 aromatic heterocycles. The van der Waals surface area contributed by atoms with E-state index < -0.39 is 0 Å². The van der Waals surface area contributed by atoms with Gasteiger partial charge in [-0.25, -0.2) is 0 Å². The molecule has 0 radical (unpaired) electrons. The van der Waals surface area contributed by atoms with E-state index >= 15 is 0 Å². The van der Waals surface area contributed by atoms with Gasteiger partial charge in [0.1, 0.15) is 12.6 Å². The van der Waals surface area contributed by atoms with Crippen molar-refractivity contribution in [1.29, 1.82) is 0 Å². The van der Waals surface area contributed by atoms with E-state index in [2.05, 4.69) is 30.8 Å². The summed E-state index contributed by atoms with van der Waals surface area (Å²) in [5.74, 6) is 1.33. The molecular formula is C11H23ClN2. The number of unbranched alkanes of at least 4 members (excludes halogenated alkanes) is 3. The van der Waals surface area contributed by atoms with Crippen LogP contribution in [0.5, 0.6) is 0 Å². The Morgan fingerprint density at radius 3 is 2.57 bits per heavy atom. The number of nitrogens with one attached hydrogen (secondary N) is 1. The minimum atomic E-state index is 0. The summed E-state index contributed by atoms with van der Waals surface area (Å²) in [5, 5.41) is 3.40. The second-order valence-electron chi connectivity index (χ2n) is 4.08. The molecule has 0 amide bonds. The fourth-order valence-electron chi connectivity index (χ4n) is 1.90. The van der Waals surface area contributed by atoms with Crippen LogP contribution in [0, 0.1) is 0 Å². The van der Waals surface area contributed by atoms with Crippen LogP contribution in [0.2, 0.25) is 0 Å². The number of hydrogen-bond acceptors (Lipinski definition) is 1. The van der Waals surface area contributed by atoms with Crippen molar-refractivity contribution in [2.45, 2.75) is 52.0 Å². The van der Waals surface area contributed by atoms with Gasteiger partial charge in [0.05, 0.1) is 7.05 Å². The van der Waals surface area contributed by atoms with Crippen molar-refractivity contribution in [3.05, 3.63) is 0 Å². The van der Waals surface area contributed by atoms with Crippen molar-refractivity contribution in [2.75, 3.05) is 13.6 Å². The third kappa shape index (κ3) is 3.87. The first kappa shape index (κ1) is 13.8. The Labute approximate surface area is 94.2 Å². The third-order valence-electron chi connectivity index (χ3n) is 3.06. The van der Waals surface area contributed by atoms with E-state index in [9.17, 15) is 0 Å². The van der Waals surface area contributed by atoms with Gasteiger partial charge in [0.25, 0.3) is 0 Å². The summed E-state index contributed by atoms with van der Waals surface area (Å²) in [6, 6.07) is 0.747. The first-order valence-electron chi connectivity index (χ1n) is 5.56. The van der Waals surface area contributed by atoms with Gasteiger partial charge in [0, 0.05) is 6.92 Å². The van der Waals surface area contributed by atoms with E-state index in [0.29, 0.717) is 0 Å². The highest BCUT2D eigenvalue weighted by atomic mass is 35.5. The van der Waals surface area contributed by atoms with E-state index in [1.54, 1.807) is 0 Å². The lowest BCUT2D eigenvalue weighted by atomic mass is 10.1. The van der Waals surface area contributed by atoms with Gasteiger partial charge in [-0.15, -0.1) is 0 Å². The molecule has 0 aromatic rings. The van der Waals surface area contributed by atoms with E-state index in [1.807, 2.05) is 0 Å². The Bertz CT molecular complexity index is 190. The monoisotopic (exact) mass is 218 g/mol. The molecular weight excluding hydrogens is 196 g/mol. The number of likely N-dealkylation sites (N-methyl/N-ethyl adjacent to an activating group) is 1. The van der Waals surface area contributed by atoms with Crippen molar-refractivity contribution < 1.29 is 17.0 Å². The number of amidine groups is 1. The molecule has 1 unspecified atom stereocenters. The second kappa shape index (κ2) is 7.10. The molecule has 84 valence electrons. The summed E-state index contributed by atoms with van der Waals surface area (Å²) >= 11 is 0. The normalized spacial score (nSPS) is 20.6. The van der Waals surface area contributed by atoms with Crippen LogP contribution in [0.25, 0.3) is 0 Å². The standard InChI is InChI=1S/C11H22N2.ClH/c1-4-5-6-7-8-11-9-12-10(2)13(11)3;/h11H,4-9H2,1-3H3;1H. The summed E-state index contributed by atoms with van der Waals surface area (Å²) in [6.45, 7) is 5.57. The molecule has 0 spiro atoms. The van der Waals surface area contributed by atoms with E-state index in [1.165, 1.54) is 37.9 Å². The molecule has 1 heterocycles. The lowest BCUT2D eigenvalue weighted by Crippen LogP contribution is -3.00. The van der Waals surface area contributed by atoms with Gasteiger partial charge < -0.3 is 12.4 Å². The van der Waals surface area contributed by atoms with Crippen LogP contribution in [-0.2, 0) is 0 Å². The molecule has 3 heteroatoms. The largest absolute Gasteiger partial charge is 1.00 e. The molecule has 0 aliphatic carbocycles. The van der Waals surface area contributed by atoms with Crippen LogP contribution >= 0.6 is 0 Å². The lowest BCUT2D eigenvalue weighted by molar-refractivity contribution is -0.528. The second-order valence-corrected chi connectivity index (χ2v) is 4.08. The highest BCUT2D eigenvalue weighted by Gasteiger charge is 2.24. The average molecular weight is 219 g/mol. The lowest BCUT2D eigenvalue weighted by Gasteiger charge is -2.07. The topological polar surface area (TPSA) is 15.0 Å². The van der Waals surface area contributed by atoms with Gasteiger partial charge in [-0.05, 0) is 12.8 Å². The number of halogens is 1. The van der Waals surface area contributed by atoms with Crippen molar-refractivity contribution in [3.8, 4) is 0 Å². The minimum Gasteiger partial charge on any atom is -1.00 e. The van der Waals surface area contributed by atoms with Crippen LogP contribution in [0.4, 0.5) is 0 Å². The van der Waals surface area contributed by atoms with Crippen molar-refractivity contribution >= 4 is 5.84 Å². The first-order valence-corrected chi connectivity index (χ1v) is 5.56. The first-order chi connectivity index (χ1) is 6.25. The zero-order chi connectivity index (χ0) is 9.68. The van der Waals surface area contributed by atoms with Gasteiger partial charge in [-0.2, -0.15) is 0 Å². The van der Waals surface area contributed by atoms with Gasteiger partial charge in [0.2, 0.25) is 5.84 Å². The molecule has 0 saturated carbocycles. The zero-order valence-electron chi connectivity index (χ0n) is 9.65. The summed E-state index contributed by atoms with van der Waals surface area (Å²) < 4.78 is 2.38. The van der Waals surface area contributed by atoms with Gasteiger partial charge in [-0.1, -0.05) is 26.2 Å². The highest BCUT2D eigenvalue weighted by Crippen LogP contribution is 2.09. The predicted octanol–water partition coefficient (Wildman–Crippen LogP) is -1.01. The zero-order valence-corrected chi connectivity index (χ0v) is 10.4. The SMILES string of the molecule is CCCCCCC1CNC(C)=[N+]1C.[Cl-]. The quantitative estimate of drug-likeness (QED) is 0.462. The van der Waals surface area contributed by atoms with E-state index in [4.69, 9.17) is 0 Å². The van der Waals surface area contributed by atoms with Gasteiger partial charge in [0.15, 0.2) is 0 Å². The Balaban J connectivity index is 0.00000169. The molecule has 0 saturated heterocycles. The molecule has 1 aliphatic rings. The maximum atomic E-state index is 3.40. The molecule has 1 rings (SSSR count). The molecule has 0 fully saturated rings. The van der Waals surface area contributed by atoms with Crippen LogP contribution in [-0.4, -0.2) is 30.0 Å². The highest BCUT2D eigenvalue weighted by molar-refractivity contribution is 5.75. The third-order valence-corrected chi connectivity index (χ3v) is 3.06. The molecule has 1 aliphatic heterocycles. The number of nitrogens with zero attached hydrogens (tertiary/aromatic N) is 1. The Morgan fingerprint density at radius 1 is 1.36 bits per heavy atom. The van der Waals surface area contributed by atoms with E-state index in [0.717, 1.165) is 12.6 Å². The smallest absolute Gasteiger partial charge is 0.241 e. The average Bonchev–Trinajstić information content (AvgIpc) is 2.43. The van der Waals surface area contributed by atoms with Crippen LogP contribution in [0.1, 0.15) is 46.0 Å². The summed E-state index contributed by atoms with van der Waals surface area (Å²) in [5.41, 5.74) is 0. The fraction of sp³-hybridized carbons (Fsp3) is 0.909. The molecule has 0 bridgehead atoms. The number of hydrogen-bond donors (Lipinski definition) is 1. The molecule has 1 N–H and O–H groups in total. The fourth-order valence-corrected chi connectivity index (χ4v) is 1.90.